The van der Waals surface area contributed by atoms with Crippen LogP contribution in [0, 0.1) is 13.8 Å². The number of aromatic nitrogens is 2. The van der Waals surface area contributed by atoms with Crippen LogP contribution < -0.4 is 0 Å². The van der Waals surface area contributed by atoms with E-state index < -0.39 is 11.7 Å². The van der Waals surface area contributed by atoms with Crippen molar-refractivity contribution in [3.05, 3.63) is 53.1 Å². The molecule has 0 spiro atoms. The van der Waals surface area contributed by atoms with Crippen molar-refractivity contribution >= 4 is 11.0 Å². The number of aromatic amines is 1. The van der Waals surface area contributed by atoms with Crippen LogP contribution in [0.1, 0.15) is 16.7 Å². The number of nitrogens with zero attached hydrogens (tertiary/aromatic N) is 1. The van der Waals surface area contributed by atoms with E-state index >= 15 is 0 Å². The Balaban J connectivity index is 2.12. The number of H-pyrrole nitrogens is 1. The molecule has 5 heteroatoms. The summed E-state index contributed by atoms with van der Waals surface area (Å²) >= 11 is 0. The summed E-state index contributed by atoms with van der Waals surface area (Å²) in [6.07, 6.45) is -4.35. The molecule has 2 aromatic carbocycles. The van der Waals surface area contributed by atoms with Gasteiger partial charge in [-0.15, -0.1) is 0 Å². The SMILES string of the molecule is Cc1cc2nc(-c3cccc(C(F)(F)F)c3)[nH]c2cc1C. The van der Waals surface area contributed by atoms with Crippen LogP contribution in [0.4, 0.5) is 13.2 Å². The molecule has 0 aliphatic rings. The van der Waals surface area contributed by atoms with Gasteiger partial charge in [-0.05, 0) is 49.2 Å². The summed E-state index contributed by atoms with van der Waals surface area (Å²) in [4.78, 5) is 7.47. The molecule has 0 aliphatic carbocycles. The summed E-state index contributed by atoms with van der Waals surface area (Å²) < 4.78 is 38.3. The van der Waals surface area contributed by atoms with E-state index in [1.54, 1.807) is 6.07 Å². The van der Waals surface area contributed by atoms with Gasteiger partial charge >= 0.3 is 6.18 Å². The van der Waals surface area contributed by atoms with Gasteiger partial charge in [-0.25, -0.2) is 4.98 Å². The molecule has 1 N–H and O–H groups in total. The molecule has 108 valence electrons. The van der Waals surface area contributed by atoms with Crippen molar-refractivity contribution in [3.8, 4) is 11.4 Å². The van der Waals surface area contributed by atoms with E-state index in [0.29, 0.717) is 11.4 Å². The van der Waals surface area contributed by atoms with E-state index in [-0.39, 0.29) is 0 Å². The number of alkyl halides is 3. The molecule has 0 radical (unpaired) electrons. The summed E-state index contributed by atoms with van der Waals surface area (Å²) in [6, 6.07) is 9.06. The third-order valence-corrected chi connectivity index (χ3v) is 3.56. The Morgan fingerprint density at radius 2 is 1.71 bits per heavy atom. The first-order valence-electron chi connectivity index (χ1n) is 6.49. The lowest BCUT2D eigenvalue weighted by Gasteiger charge is -2.07. The van der Waals surface area contributed by atoms with Gasteiger partial charge in [0.25, 0.3) is 0 Å². The molecule has 3 aromatic rings. The Morgan fingerprint density at radius 3 is 2.43 bits per heavy atom. The summed E-state index contributed by atoms with van der Waals surface area (Å²) in [7, 11) is 0. The lowest BCUT2D eigenvalue weighted by Crippen LogP contribution is -2.04. The van der Waals surface area contributed by atoms with E-state index in [9.17, 15) is 13.2 Å². The van der Waals surface area contributed by atoms with Crippen LogP contribution in [0.3, 0.4) is 0 Å². The highest BCUT2D eigenvalue weighted by Crippen LogP contribution is 2.32. The smallest absolute Gasteiger partial charge is 0.338 e. The number of benzene rings is 2. The first kappa shape index (κ1) is 13.7. The van der Waals surface area contributed by atoms with E-state index in [1.165, 1.54) is 6.07 Å². The lowest BCUT2D eigenvalue weighted by atomic mass is 10.1. The molecule has 0 amide bonds. The molecule has 3 rings (SSSR count). The fourth-order valence-electron chi connectivity index (χ4n) is 2.25. The number of imidazole rings is 1. The fraction of sp³-hybridized carbons (Fsp3) is 0.188. The van der Waals surface area contributed by atoms with E-state index in [0.717, 1.165) is 34.3 Å². The van der Waals surface area contributed by atoms with Crippen molar-refractivity contribution in [2.24, 2.45) is 0 Å². The predicted molar refractivity (Wildman–Crippen MR) is 76.0 cm³/mol. The number of halogens is 3. The zero-order valence-corrected chi connectivity index (χ0v) is 11.5. The summed E-state index contributed by atoms with van der Waals surface area (Å²) in [5.74, 6) is 0.445. The standard InChI is InChI=1S/C16H13F3N2/c1-9-6-13-14(7-10(9)2)21-15(20-13)11-4-3-5-12(8-11)16(17,18)19/h3-8H,1-2H3,(H,20,21). The van der Waals surface area contributed by atoms with Crippen LogP contribution in [0.2, 0.25) is 0 Å². The largest absolute Gasteiger partial charge is 0.416 e. The van der Waals surface area contributed by atoms with Gasteiger partial charge in [-0.2, -0.15) is 13.2 Å². The molecular formula is C16H13F3N2. The third kappa shape index (κ3) is 2.51. The number of hydrogen-bond donors (Lipinski definition) is 1. The van der Waals surface area contributed by atoms with Crippen molar-refractivity contribution in [2.75, 3.05) is 0 Å². The zero-order valence-electron chi connectivity index (χ0n) is 11.5. The maximum atomic E-state index is 12.8. The maximum absolute atomic E-state index is 12.8. The lowest BCUT2D eigenvalue weighted by molar-refractivity contribution is -0.137. The highest BCUT2D eigenvalue weighted by molar-refractivity contribution is 5.81. The van der Waals surface area contributed by atoms with Crippen LogP contribution in [0.5, 0.6) is 0 Å². The molecule has 0 aliphatic heterocycles. The maximum Gasteiger partial charge on any atom is 0.416 e. The Bertz CT molecular complexity index is 777. The van der Waals surface area contributed by atoms with Gasteiger partial charge in [0, 0.05) is 5.56 Å². The van der Waals surface area contributed by atoms with Gasteiger partial charge in [0.1, 0.15) is 5.82 Å². The first-order valence-corrected chi connectivity index (χ1v) is 6.49. The predicted octanol–water partition coefficient (Wildman–Crippen LogP) is 4.87. The zero-order chi connectivity index (χ0) is 15.2. The molecule has 1 heterocycles. The fourth-order valence-corrected chi connectivity index (χ4v) is 2.25. The normalized spacial score (nSPS) is 12.0. The Hall–Kier alpha value is -2.30. The number of fused-ring (bicyclic) bond motifs is 1. The van der Waals surface area contributed by atoms with Gasteiger partial charge in [-0.3, -0.25) is 0 Å². The van der Waals surface area contributed by atoms with Crippen molar-refractivity contribution in [1.82, 2.24) is 9.97 Å². The van der Waals surface area contributed by atoms with Gasteiger partial charge in [-0.1, -0.05) is 12.1 Å². The van der Waals surface area contributed by atoms with Crippen molar-refractivity contribution < 1.29 is 13.2 Å². The monoisotopic (exact) mass is 290 g/mol. The second-order valence-electron chi connectivity index (χ2n) is 5.12. The average molecular weight is 290 g/mol. The van der Waals surface area contributed by atoms with Crippen LogP contribution >= 0.6 is 0 Å². The number of aryl methyl sites for hydroxylation is 2. The highest BCUT2D eigenvalue weighted by Gasteiger charge is 2.30. The molecular weight excluding hydrogens is 277 g/mol. The molecule has 0 atom stereocenters. The average Bonchev–Trinajstić information content (AvgIpc) is 2.81. The molecule has 0 fully saturated rings. The first-order chi connectivity index (χ1) is 9.84. The number of rotatable bonds is 1. The summed E-state index contributed by atoms with van der Waals surface area (Å²) in [6.45, 7) is 3.97. The second kappa shape index (κ2) is 4.62. The topological polar surface area (TPSA) is 28.7 Å². The van der Waals surface area contributed by atoms with Gasteiger partial charge in [0.05, 0.1) is 16.6 Å². The third-order valence-electron chi connectivity index (χ3n) is 3.56. The number of hydrogen-bond acceptors (Lipinski definition) is 1. The minimum atomic E-state index is -4.35. The minimum Gasteiger partial charge on any atom is -0.338 e. The molecule has 0 saturated carbocycles. The van der Waals surface area contributed by atoms with Crippen molar-refractivity contribution in [3.63, 3.8) is 0 Å². The molecule has 2 nitrogen and oxygen atoms in total. The Morgan fingerprint density at radius 1 is 1.00 bits per heavy atom. The molecule has 0 unspecified atom stereocenters. The van der Waals surface area contributed by atoms with Crippen LogP contribution in [-0.2, 0) is 6.18 Å². The molecule has 0 saturated heterocycles. The minimum absolute atomic E-state index is 0.427. The quantitative estimate of drug-likeness (QED) is 0.681. The molecule has 21 heavy (non-hydrogen) atoms. The van der Waals surface area contributed by atoms with Crippen LogP contribution in [-0.4, -0.2) is 9.97 Å². The Kier molecular flexibility index (Phi) is 3.01. The van der Waals surface area contributed by atoms with Gasteiger partial charge < -0.3 is 4.98 Å². The van der Waals surface area contributed by atoms with E-state index in [1.807, 2.05) is 26.0 Å². The number of nitrogens with one attached hydrogen (secondary N) is 1. The molecule has 0 bridgehead atoms. The van der Waals surface area contributed by atoms with Gasteiger partial charge in [0.15, 0.2) is 0 Å². The van der Waals surface area contributed by atoms with Crippen molar-refractivity contribution in [1.29, 1.82) is 0 Å². The highest BCUT2D eigenvalue weighted by atomic mass is 19.4. The van der Waals surface area contributed by atoms with Gasteiger partial charge in [0.2, 0.25) is 0 Å². The van der Waals surface area contributed by atoms with E-state index in [4.69, 9.17) is 0 Å². The second-order valence-corrected chi connectivity index (χ2v) is 5.12. The van der Waals surface area contributed by atoms with Crippen LogP contribution in [0.15, 0.2) is 36.4 Å². The van der Waals surface area contributed by atoms with E-state index in [2.05, 4.69) is 9.97 Å². The molecule has 1 aromatic heterocycles. The van der Waals surface area contributed by atoms with Crippen molar-refractivity contribution in [2.45, 2.75) is 20.0 Å². The summed E-state index contributed by atoms with van der Waals surface area (Å²) in [5.41, 5.74) is 3.55. The summed E-state index contributed by atoms with van der Waals surface area (Å²) in [5, 5.41) is 0. The van der Waals surface area contributed by atoms with Crippen LogP contribution in [0.25, 0.3) is 22.4 Å². The Labute approximate surface area is 119 Å².